The molecule has 9 heteroatoms. The highest BCUT2D eigenvalue weighted by molar-refractivity contribution is 7.14. The normalized spacial score (nSPS) is 10.7. The molecule has 0 aliphatic heterocycles. The molecule has 142 valence electrons. The zero-order chi connectivity index (χ0) is 19.2. The van der Waals surface area contributed by atoms with E-state index in [9.17, 15) is 9.59 Å². The first-order valence-electron chi connectivity index (χ1n) is 8.57. The Hall–Kier alpha value is -2.94. The summed E-state index contributed by atoms with van der Waals surface area (Å²) in [6, 6.07) is 1.61. The van der Waals surface area contributed by atoms with Gasteiger partial charge in [-0.05, 0) is 31.9 Å². The van der Waals surface area contributed by atoms with E-state index in [1.165, 1.54) is 17.6 Å². The highest BCUT2D eigenvalue weighted by Gasteiger charge is 2.14. The van der Waals surface area contributed by atoms with Crippen molar-refractivity contribution in [2.45, 2.75) is 33.2 Å². The van der Waals surface area contributed by atoms with Crippen molar-refractivity contribution >= 4 is 28.3 Å². The lowest BCUT2D eigenvalue weighted by atomic mass is 10.2. The van der Waals surface area contributed by atoms with Crippen LogP contribution in [0.1, 0.15) is 33.8 Å². The Labute approximate surface area is 160 Å². The summed E-state index contributed by atoms with van der Waals surface area (Å²) in [5, 5.41) is 12.0. The molecule has 0 unspecified atom stereocenters. The van der Waals surface area contributed by atoms with Crippen molar-refractivity contribution in [2.24, 2.45) is 0 Å². The zero-order valence-corrected chi connectivity index (χ0v) is 16.0. The Balaban J connectivity index is 1.41. The van der Waals surface area contributed by atoms with Gasteiger partial charge in [0.2, 0.25) is 5.91 Å². The molecule has 0 bridgehead atoms. The fourth-order valence-electron chi connectivity index (χ4n) is 2.52. The molecule has 0 aromatic carbocycles. The van der Waals surface area contributed by atoms with E-state index in [1.54, 1.807) is 18.4 Å². The number of carbonyl (C=O) groups excluding carboxylic acids is 2. The molecule has 3 rings (SSSR count). The van der Waals surface area contributed by atoms with Crippen LogP contribution in [-0.2, 0) is 17.8 Å². The smallest absolute Gasteiger partial charge is 0.260 e. The highest BCUT2D eigenvalue weighted by atomic mass is 32.1. The lowest BCUT2D eigenvalue weighted by Gasteiger charge is -2.04. The third-order valence-corrected chi connectivity index (χ3v) is 4.67. The van der Waals surface area contributed by atoms with E-state index < -0.39 is 0 Å². The van der Waals surface area contributed by atoms with Gasteiger partial charge >= 0.3 is 0 Å². The maximum Gasteiger partial charge on any atom is 0.260 e. The third kappa shape index (κ3) is 5.27. The van der Waals surface area contributed by atoms with Gasteiger partial charge in [0, 0.05) is 24.7 Å². The topological polar surface area (TPSA) is 102 Å². The summed E-state index contributed by atoms with van der Waals surface area (Å²) in [5.41, 5.74) is 2.21. The number of furan rings is 1. The van der Waals surface area contributed by atoms with Crippen molar-refractivity contribution < 1.29 is 14.0 Å². The summed E-state index contributed by atoms with van der Waals surface area (Å²) in [6.45, 7) is 5.05. The standard InChI is InChI=1S/C18H21N5O3S/c1-12-9-20-23(10-12)6-3-5-19-16(24)8-14-11-27-18(21-14)22-17(25)15-4-7-26-13(15)2/h4,7,9-11H,3,5-6,8H2,1-2H3,(H,19,24)(H,21,22,25). The molecule has 0 saturated carbocycles. The van der Waals surface area contributed by atoms with Crippen LogP contribution in [0.5, 0.6) is 0 Å². The predicted octanol–water partition coefficient (Wildman–Crippen LogP) is 2.55. The Kier molecular flexibility index (Phi) is 6.02. The molecule has 0 atom stereocenters. The fourth-order valence-corrected chi connectivity index (χ4v) is 3.22. The maximum atomic E-state index is 12.1. The molecule has 2 N–H and O–H groups in total. The number of thiazole rings is 1. The summed E-state index contributed by atoms with van der Waals surface area (Å²) in [4.78, 5) is 28.4. The number of nitrogens with one attached hydrogen (secondary N) is 2. The number of hydrogen-bond donors (Lipinski definition) is 2. The minimum absolute atomic E-state index is 0.0968. The Morgan fingerprint density at radius 2 is 2.19 bits per heavy atom. The summed E-state index contributed by atoms with van der Waals surface area (Å²) in [5.74, 6) is 0.176. The number of amides is 2. The van der Waals surface area contributed by atoms with E-state index in [4.69, 9.17) is 4.42 Å². The SMILES string of the molecule is Cc1cnn(CCCNC(=O)Cc2csc(NC(=O)c3ccoc3C)n2)c1. The lowest BCUT2D eigenvalue weighted by Crippen LogP contribution is -2.27. The summed E-state index contributed by atoms with van der Waals surface area (Å²) in [6.07, 6.45) is 6.23. The number of carbonyl (C=O) groups is 2. The number of aromatic nitrogens is 3. The molecule has 3 heterocycles. The molecule has 2 amide bonds. The number of nitrogens with zero attached hydrogens (tertiary/aromatic N) is 3. The van der Waals surface area contributed by atoms with Crippen LogP contribution in [0.3, 0.4) is 0 Å². The first kappa shape index (κ1) is 18.8. The first-order chi connectivity index (χ1) is 13.0. The summed E-state index contributed by atoms with van der Waals surface area (Å²) >= 11 is 1.29. The van der Waals surface area contributed by atoms with Gasteiger partial charge in [0.15, 0.2) is 5.13 Å². The van der Waals surface area contributed by atoms with Crippen molar-refractivity contribution in [2.75, 3.05) is 11.9 Å². The predicted molar refractivity (Wildman–Crippen MR) is 102 cm³/mol. The van der Waals surface area contributed by atoms with E-state index in [0.717, 1.165) is 18.5 Å². The molecular weight excluding hydrogens is 366 g/mol. The van der Waals surface area contributed by atoms with E-state index in [0.29, 0.717) is 28.7 Å². The minimum atomic E-state index is -0.277. The minimum Gasteiger partial charge on any atom is -0.469 e. The Bertz CT molecular complexity index is 927. The lowest BCUT2D eigenvalue weighted by molar-refractivity contribution is -0.120. The van der Waals surface area contributed by atoms with Gasteiger partial charge in [0.25, 0.3) is 5.91 Å². The average Bonchev–Trinajstić information content (AvgIpc) is 3.34. The number of rotatable bonds is 8. The van der Waals surface area contributed by atoms with E-state index in [-0.39, 0.29) is 18.2 Å². The van der Waals surface area contributed by atoms with Crippen LogP contribution >= 0.6 is 11.3 Å². The summed E-state index contributed by atoms with van der Waals surface area (Å²) < 4.78 is 6.98. The monoisotopic (exact) mass is 387 g/mol. The van der Waals surface area contributed by atoms with Gasteiger partial charge in [0.05, 0.1) is 30.1 Å². The molecule has 0 fully saturated rings. The van der Waals surface area contributed by atoms with Crippen molar-refractivity contribution in [3.63, 3.8) is 0 Å². The third-order valence-electron chi connectivity index (χ3n) is 3.87. The fraction of sp³-hybridized carbons (Fsp3) is 0.333. The molecule has 0 spiro atoms. The van der Waals surface area contributed by atoms with Crippen LogP contribution in [0, 0.1) is 13.8 Å². The van der Waals surface area contributed by atoms with Gasteiger partial charge < -0.3 is 9.73 Å². The molecule has 3 aromatic rings. The van der Waals surface area contributed by atoms with Crippen LogP contribution in [0.4, 0.5) is 5.13 Å². The van der Waals surface area contributed by atoms with Crippen LogP contribution in [0.25, 0.3) is 0 Å². The number of aryl methyl sites for hydroxylation is 3. The zero-order valence-electron chi connectivity index (χ0n) is 15.2. The van der Waals surface area contributed by atoms with Gasteiger partial charge in [0.1, 0.15) is 5.76 Å². The van der Waals surface area contributed by atoms with Crippen molar-refractivity contribution in [1.82, 2.24) is 20.1 Å². The molecule has 0 aliphatic carbocycles. The second kappa shape index (κ2) is 8.63. The van der Waals surface area contributed by atoms with Crippen LogP contribution < -0.4 is 10.6 Å². The first-order valence-corrected chi connectivity index (χ1v) is 9.45. The van der Waals surface area contributed by atoms with E-state index >= 15 is 0 Å². The molecular formula is C18H21N5O3S. The van der Waals surface area contributed by atoms with Crippen LogP contribution in [0.2, 0.25) is 0 Å². The molecule has 27 heavy (non-hydrogen) atoms. The molecule has 0 radical (unpaired) electrons. The number of anilines is 1. The number of hydrogen-bond acceptors (Lipinski definition) is 6. The van der Waals surface area contributed by atoms with Gasteiger partial charge in [-0.2, -0.15) is 5.10 Å². The van der Waals surface area contributed by atoms with E-state index in [1.807, 2.05) is 24.0 Å². The molecule has 3 aromatic heterocycles. The van der Waals surface area contributed by atoms with Crippen molar-refractivity contribution in [3.8, 4) is 0 Å². The highest BCUT2D eigenvalue weighted by Crippen LogP contribution is 2.18. The van der Waals surface area contributed by atoms with Crippen molar-refractivity contribution in [3.05, 3.63) is 52.7 Å². The largest absolute Gasteiger partial charge is 0.469 e. The maximum absolute atomic E-state index is 12.1. The van der Waals surface area contributed by atoms with Crippen LogP contribution in [0.15, 0.2) is 34.5 Å². The molecule has 8 nitrogen and oxygen atoms in total. The summed E-state index contributed by atoms with van der Waals surface area (Å²) in [7, 11) is 0. The molecule has 0 saturated heterocycles. The van der Waals surface area contributed by atoms with Crippen molar-refractivity contribution in [1.29, 1.82) is 0 Å². The van der Waals surface area contributed by atoms with Gasteiger partial charge in [-0.25, -0.2) is 4.98 Å². The molecule has 0 aliphatic rings. The second-order valence-corrected chi connectivity index (χ2v) is 7.01. The van der Waals surface area contributed by atoms with Gasteiger partial charge in [-0.15, -0.1) is 11.3 Å². The van der Waals surface area contributed by atoms with Gasteiger partial charge in [-0.1, -0.05) is 0 Å². The Morgan fingerprint density at radius 1 is 1.33 bits per heavy atom. The van der Waals surface area contributed by atoms with E-state index in [2.05, 4.69) is 20.7 Å². The Morgan fingerprint density at radius 3 is 2.89 bits per heavy atom. The average molecular weight is 387 g/mol. The second-order valence-electron chi connectivity index (χ2n) is 6.15. The quantitative estimate of drug-likeness (QED) is 0.578. The van der Waals surface area contributed by atoms with Crippen LogP contribution in [-0.4, -0.2) is 33.1 Å². The van der Waals surface area contributed by atoms with Gasteiger partial charge in [-0.3, -0.25) is 19.6 Å².